The van der Waals surface area contributed by atoms with Crippen LogP contribution in [0, 0.1) is 0 Å². The summed E-state index contributed by atoms with van der Waals surface area (Å²) < 4.78 is 19.4. The topological polar surface area (TPSA) is 148 Å². The van der Waals surface area contributed by atoms with Crippen molar-refractivity contribution in [1.82, 2.24) is 35.2 Å². The molecule has 2 aromatic heterocycles. The van der Waals surface area contributed by atoms with E-state index in [2.05, 4.69) is 50.7 Å². The molecule has 14 heteroatoms. The molecular weight excluding hydrogens is 608 g/mol. The van der Waals surface area contributed by atoms with E-state index in [9.17, 15) is 9.59 Å². The number of benzene rings is 3. The van der Waals surface area contributed by atoms with Gasteiger partial charge in [0.25, 0.3) is 5.91 Å². The van der Waals surface area contributed by atoms with Crippen LogP contribution in [0.1, 0.15) is 61.8 Å². The smallest absolute Gasteiger partial charge is 0.257 e. The third-order valence-corrected chi connectivity index (χ3v) is 7.74. The summed E-state index contributed by atoms with van der Waals surface area (Å²) in [5.74, 6) is 0.286. The van der Waals surface area contributed by atoms with E-state index in [0.717, 1.165) is 12.8 Å². The number of hydrogen-bond donors (Lipinski definition) is 2. The molecule has 1 unspecified atom stereocenters. The Labute approximate surface area is 271 Å². The average Bonchev–Trinajstić information content (AvgIpc) is 3.70. The highest BCUT2D eigenvalue weighted by Gasteiger charge is 2.34. The molecule has 5 aromatic rings. The summed E-state index contributed by atoms with van der Waals surface area (Å²) >= 11 is 4.27. The summed E-state index contributed by atoms with van der Waals surface area (Å²) in [5.41, 5.74) is 2.10. The molecule has 0 radical (unpaired) electrons. The minimum absolute atomic E-state index is 0.176. The zero-order valence-corrected chi connectivity index (χ0v) is 26.8. The molecule has 0 aliphatic carbocycles. The molecular formula is C32H36N8O5S. The number of rotatable bonds is 16. The molecule has 3 aromatic carbocycles. The predicted molar refractivity (Wildman–Crippen MR) is 174 cm³/mol. The number of Topliss-reactive ketones (excluding diaryl/α,β-unsaturated/α-hetero) is 1. The number of carbonyl (C=O) groups excluding carboxylic acids is 2. The molecule has 2 heterocycles. The molecule has 46 heavy (non-hydrogen) atoms. The van der Waals surface area contributed by atoms with Crippen molar-refractivity contribution in [1.29, 1.82) is 0 Å². The van der Waals surface area contributed by atoms with E-state index in [-0.39, 0.29) is 16.5 Å². The minimum atomic E-state index is -1.43. The Morgan fingerprint density at radius 3 is 2.35 bits per heavy atom. The van der Waals surface area contributed by atoms with Crippen LogP contribution in [0.2, 0.25) is 0 Å². The van der Waals surface area contributed by atoms with Gasteiger partial charge in [0.2, 0.25) is 10.9 Å². The highest BCUT2D eigenvalue weighted by atomic mass is 32.1. The van der Waals surface area contributed by atoms with Crippen LogP contribution >= 0.6 is 12.6 Å². The molecule has 0 bridgehead atoms. The Balaban J connectivity index is 1.40. The summed E-state index contributed by atoms with van der Waals surface area (Å²) in [4.78, 5) is 28.1. The number of hydrogen-bond acceptors (Lipinski definition) is 11. The second kappa shape index (κ2) is 15.3. The molecule has 1 N–H and O–H groups in total. The van der Waals surface area contributed by atoms with Crippen molar-refractivity contribution in [3.63, 3.8) is 0 Å². The lowest BCUT2D eigenvalue weighted by molar-refractivity contribution is -0.118. The van der Waals surface area contributed by atoms with Crippen molar-refractivity contribution in [3.8, 4) is 22.9 Å². The van der Waals surface area contributed by atoms with Gasteiger partial charge in [0.15, 0.2) is 6.04 Å². The number of ketones is 1. The summed E-state index contributed by atoms with van der Waals surface area (Å²) in [7, 11) is 2.96. The van der Waals surface area contributed by atoms with E-state index < -0.39 is 17.7 Å². The number of anilines is 1. The average molecular weight is 645 g/mol. The van der Waals surface area contributed by atoms with Crippen LogP contribution in [0.3, 0.4) is 0 Å². The zero-order valence-electron chi connectivity index (χ0n) is 25.9. The number of tetrazole rings is 1. The monoisotopic (exact) mass is 644 g/mol. The van der Waals surface area contributed by atoms with Gasteiger partial charge in [-0.15, -0.1) is 22.8 Å². The van der Waals surface area contributed by atoms with Crippen molar-refractivity contribution >= 4 is 41.0 Å². The first-order valence-electron chi connectivity index (χ1n) is 15.1. The fraction of sp³-hybridized carbons (Fsp3) is 0.344. The number of nitrogens with one attached hydrogen (secondary N) is 1. The second-order valence-electron chi connectivity index (χ2n) is 10.6. The first-order valence-corrected chi connectivity index (χ1v) is 15.5. The van der Waals surface area contributed by atoms with E-state index in [1.165, 1.54) is 49.3 Å². The number of unbranched alkanes of at least 4 members (excludes halogenated alkanes) is 5. The van der Waals surface area contributed by atoms with Crippen molar-refractivity contribution in [2.24, 2.45) is 0 Å². The van der Waals surface area contributed by atoms with Gasteiger partial charge >= 0.3 is 0 Å². The van der Waals surface area contributed by atoms with Gasteiger partial charge in [0.05, 0.1) is 37.6 Å². The Kier molecular flexibility index (Phi) is 10.8. The van der Waals surface area contributed by atoms with Crippen molar-refractivity contribution in [3.05, 3.63) is 66.2 Å². The SMILES string of the molecule is CCCCCCCCOc1ccc(NC(=O)C(C(=O)c2ccc(OC)cc2OC)n2nnc3cc(-n4nnnc4S)ccc32)cc1. The number of thiol groups is 1. The Bertz CT molecular complexity index is 1790. The zero-order chi connectivity index (χ0) is 32.5. The molecule has 5 rings (SSSR count). The standard InChI is InChI=1S/C32H36N8O5S/c1-4-5-6-7-8-9-18-45-23-13-10-21(11-14-23)33-31(42)29(30(41)25-16-15-24(43-2)20-28(25)44-3)40-27-17-12-22(19-26(27)34-37-40)39-32(46)35-36-38-39/h10-17,19-20,29H,4-9,18H2,1-3H3,(H,33,42)(H,35,38,46). The normalized spacial score (nSPS) is 11.7. The van der Waals surface area contributed by atoms with Crippen molar-refractivity contribution in [2.75, 3.05) is 26.1 Å². The lowest BCUT2D eigenvalue weighted by Gasteiger charge is -2.19. The van der Waals surface area contributed by atoms with Crippen molar-refractivity contribution < 1.29 is 23.8 Å². The highest BCUT2D eigenvalue weighted by molar-refractivity contribution is 7.80. The number of aromatic nitrogens is 7. The van der Waals surface area contributed by atoms with Gasteiger partial charge in [-0.25, -0.2) is 4.68 Å². The van der Waals surface area contributed by atoms with Crippen LogP contribution in [0.15, 0.2) is 65.8 Å². The number of nitrogens with zero attached hydrogens (tertiary/aromatic N) is 7. The van der Waals surface area contributed by atoms with E-state index in [1.54, 1.807) is 60.7 Å². The highest BCUT2D eigenvalue weighted by Crippen LogP contribution is 2.30. The predicted octanol–water partition coefficient (Wildman–Crippen LogP) is 5.51. The molecule has 0 fully saturated rings. The molecule has 0 aliphatic rings. The lowest BCUT2D eigenvalue weighted by atomic mass is 10.0. The van der Waals surface area contributed by atoms with E-state index in [1.807, 2.05) is 0 Å². The first-order chi connectivity index (χ1) is 22.4. The first kappa shape index (κ1) is 32.4. The third-order valence-electron chi connectivity index (χ3n) is 7.46. The van der Waals surface area contributed by atoms with Crippen LogP contribution in [0.5, 0.6) is 17.2 Å². The number of amides is 1. The fourth-order valence-electron chi connectivity index (χ4n) is 5.01. The van der Waals surface area contributed by atoms with E-state index >= 15 is 0 Å². The molecule has 0 aliphatic heterocycles. The molecule has 0 saturated heterocycles. The van der Waals surface area contributed by atoms with E-state index in [4.69, 9.17) is 14.2 Å². The molecule has 1 atom stereocenters. The molecule has 0 saturated carbocycles. The van der Waals surface area contributed by atoms with Crippen LogP contribution in [0.4, 0.5) is 5.69 Å². The van der Waals surface area contributed by atoms with Crippen LogP contribution < -0.4 is 19.5 Å². The Hall–Kier alpha value is -4.98. The molecule has 13 nitrogen and oxygen atoms in total. The number of ether oxygens (including phenoxy) is 3. The molecule has 0 spiro atoms. The van der Waals surface area contributed by atoms with Crippen molar-refractivity contribution in [2.45, 2.75) is 56.6 Å². The van der Waals surface area contributed by atoms with Crippen LogP contribution in [0.25, 0.3) is 16.7 Å². The molecule has 240 valence electrons. The lowest BCUT2D eigenvalue weighted by Crippen LogP contribution is -2.33. The van der Waals surface area contributed by atoms with Gasteiger partial charge in [-0.05, 0) is 71.4 Å². The summed E-state index contributed by atoms with van der Waals surface area (Å²) in [5, 5.41) is 23.0. The summed E-state index contributed by atoms with van der Waals surface area (Å²) in [6.07, 6.45) is 7.07. The minimum Gasteiger partial charge on any atom is -0.497 e. The second-order valence-corrected chi connectivity index (χ2v) is 11.0. The van der Waals surface area contributed by atoms with Gasteiger partial charge in [-0.2, -0.15) is 4.68 Å². The van der Waals surface area contributed by atoms with Gasteiger partial charge in [0.1, 0.15) is 22.8 Å². The van der Waals surface area contributed by atoms with Crippen LogP contribution in [-0.2, 0) is 4.79 Å². The van der Waals surface area contributed by atoms with E-state index in [0.29, 0.717) is 40.5 Å². The Morgan fingerprint density at radius 2 is 1.63 bits per heavy atom. The largest absolute Gasteiger partial charge is 0.497 e. The van der Waals surface area contributed by atoms with Crippen LogP contribution in [-0.4, -0.2) is 67.7 Å². The van der Waals surface area contributed by atoms with Gasteiger partial charge in [-0.3, -0.25) is 9.59 Å². The maximum atomic E-state index is 14.1. The quantitative estimate of drug-likeness (QED) is 0.0609. The number of methoxy groups -OCH3 is 2. The summed E-state index contributed by atoms with van der Waals surface area (Å²) in [6, 6.07) is 15.5. The summed E-state index contributed by atoms with van der Waals surface area (Å²) in [6.45, 7) is 2.83. The fourth-order valence-corrected chi connectivity index (χ4v) is 5.21. The number of carbonyl (C=O) groups is 2. The maximum Gasteiger partial charge on any atom is 0.257 e. The third kappa shape index (κ3) is 7.45. The van der Waals surface area contributed by atoms with Gasteiger partial charge < -0.3 is 19.5 Å². The Morgan fingerprint density at radius 1 is 0.870 bits per heavy atom. The van der Waals surface area contributed by atoms with Gasteiger partial charge in [-0.1, -0.05) is 44.2 Å². The number of fused-ring (bicyclic) bond motifs is 1. The maximum absolute atomic E-state index is 14.1. The molecule has 1 amide bonds. The van der Waals surface area contributed by atoms with Gasteiger partial charge in [0, 0.05) is 11.8 Å².